The fourth-order valence-electron chi connectivity index (χ4n) is 4.13. The van der Waals surface area contributed by atoms with Crippen molar-refractivity contribution in [2.45, 2.75) is 25.8 Å². The van der Waals surface area contributed by atoms with Gasteiger partial charge in [-0.2, -0.15) is 20.0 Å². The number of para-hydroxylation sites is 1. The van der Waals surface area contributed by atoms with Gasteiger partial charge in [0, 0.05) is 6.54 Å². The molecule has 1 aliphatic rings. The molecule has 0 radical (unpaired) electrons. The van der Waals surface area contributed by atoms with Gasteiger partial charge in [0.05, 0.1) is 42.4 Å². The summed E-state index contributed by atoms with van der Waals surface area (Å²) < 4.78 is 24.7. The predicted octanol–water partition coefficient (Wildman–Crippen LogP) is 3.75. The molecule has 168 valence electrons. The number of likely N-dealkylation sites (tertiary alicyclic amines) is 1. The Morgan fingerprint density at radius 3 is 2.82 bits per heavy atom. The fraction of sp³-hybridized carbons (Fsp3) is 0.261. The van der Waals surface area contributed by atoms with Crippen molar-refractivity contribution in [3.8, 4) is 22.9 Å². The van der Waals surface area contributed by atoms with Crippen molar-refractivity contribution in [3.05, 3.63) is 71.6 Å². The van der Waals surface area contributed by atoms with E-state index in [2.05, 4.69) is 20.3 Å². The van der Waals surface area contributed by atoms with Crippen molar-refractivity contribution in [1.82, 2.24) is 30.0 Å². The zero-order chi connectivity index (χ0) is 22.9. The molecule has 33 heavy (non-hydrogen) atoms. The van der Waals surface area contributed by atoms with Crippen LogP contribution in [0.4, 0.5) is 4.39 Å². The van der Waals surface area contributed by atoms with E-state index in [-0.39, 0.29) is 23.6 Å². The normalized spacial score (nSPS) is 15.7. The molecule has 1 amide bonds. The summed E-state index contributed by atoms with van der Waals surface area (Å²) in [6.45, 7) is 2.48. The Morgan fingerprint density at radius 2 is 2.03 bits per heavy atom. The Balaban J connectivity index is 1.48. The molecule has 1 unspecified atom stereocenters. The summed E-state index contributed by atoms with van der Waals surface area (Å²) in [5.74, 6) is -0.149. The summed E-state index contributed by atoms with van der Waals surface area (Å²) >= 11 is 0. The second kappa shape index (κ2) is 8.45. The third kappa shape index (κ3) is 3.73. The van der Waals surface area contributed by atoms with Gasteiger partial charge in [-0.25, -0.2) is 4.39 Å². The average molecular weight is 448 g/mol. The maximum absolute atomic E-state index is 14.1. The zero-order valence-corrected chi connectivity index (χ0v) is 18.1. The Bertz CT molecular complexity index is 1300. The summed E-state index contributed by atoms with van der Waals surface area (Å²) in [4.78, 5) is 21.3. The van der Waals surface area contributed by atoms with Crippen LogP contribution in [0.2, 0.25) is 0 Å². The minimum absolute atomic E-state index is 0.0307. The van der Waals surface area contributed by atoms with Gasteiger partial charge in [-0.05, 0) is 44.0 Å². The number of carbonyl (C=O) groups is 1. The van der Waals surface area contributed by atoms with E-state index in [1.807, 2.05) is 25.1 Å². The lowest BCUT2D eigenvalue weighted by Gasteiger charge is -2.23. The van der Waals surface area contributed by atoms with E-state index in [1.54, 1.807) is 29.4 Å². The minimum atomic E-state index is -0.522. The summed E-state index contributed by atoms with van der Waals surface area (Å²) in [5, 5.41) is 12.5. The number of halogens is 1. The monoisotopic (exact) mass is 448 g/mol. The number of aromatic nitrogens is 5. The largest absolute Gasteiger partial charge is 0.493 e. The van der Waals surface area contributed by atoms with Gasteiger partial charge in [-0.3, -0.25) is 4.79 Å². The summed E-state index contributed by atoms with van der Waals surface area (Å²) in [6, 6.07) is 9.69. The highest BCUT2D eigenvalue weighted by Gasteiger charge is 2.35. The minimum Gasteiger partial charge on any atom is -0.493 e. The van der Waals surface area contributed by atoms with Crippen LogP contribution in [0.5, 0.6) is 5.75 Å². The van der Waals surface area contributed by atoms with E-state index in [9.17, 15) is 9.18 Å². The molecule has 3 heterocycles. The first kappa shape index (κ1) is 20.8. The van der Waals surface area contributed by atoms with Crippen LogP contribution in [0.25, 0.3) is 17.1 Å². The quantitative estimate of drug-likeness (QED) is 0.458. The van der Waals surface area contributed by atoms with Gasteiger partial charge in [-0.15, -0.1) is 0 Å². The van der Waals surface area contributed by atoms with Crippen LogP contribution in [-0.2, 0) is 0 Å². The van der Waals surface area contributed by atoms with Gasteiger partial charge in [0.2, 0.25) is 0 Å². The highest BCUT2D eigenvalue weighted by atomic mass is 19.1. The number of amides is 1. The Hall–Kier alpha value is -4.08. The number of aryl methyl sites for hydroxylation is 1. The molecule has 1 atom stereocenters. The molecule has 1 fully saturated rings. The molecule has 2 aromatic heterocycles. The second-order valence-electron chi connectivity index (χ2n) is 7.77. The number of hydrogen-bond donors (Lipinski definition) is 0. The Morgan fingerprint density at radius 1 is 1.21 bits per heavy atom. The van der Waals surface area contributed by atoms with Crippen LogP contribution in [0.1, 0.15) is 40.6 Å². The molecule has 10 heteroatoms. The average Bonchev–Trinajstić information content (AvgIpc) is 3.59. The molecular formula is C23H21FN6O3. The molecule has 1 saturated heterocycles. The number of nitrogens with zero attached hydrogens (tertiary/aromatic N) is 6. The van der Waals surface area contributed by atoms with Gasteiger partial charge in [0.25, 0.3) is 11.8 Å². The molecule has 5 rings (SSSR count). The lowest BCUT2D eigenvalue weighted by atomic mass is 10.1. The SMILES string of the molecule is COc1c(F)cccc1-c1nc(C2CCCN2C(=O)c2cc(C)ccc2-n2nccn2)no1. The molecule has 0 spiro atoms. The summed E-state index contributed by atoms with van der Waals surface area (Å²) in [5.41, 5.74) is 2.40. The standard InChI is InChI=1S/C23H21FN6O3/c1-14-8-9-18(30-25-10-11-26-30)16(13-14)23(31)29-12-4-7-19(29)21-27-22(33-28-21)15-5-3-6-17(24)20(15)32-2/h3,5-6,8-11,13,19H,4,7,12H2,1-2H3. The van der Waals surface area contributed by atoms with Crippen molar-refractivity contribution in [2.75, 3.05) is 13.7 Å². The highest BCUT2D eigenvalue weighted by molar-refractivity contribution is 5.98. The van der Waals surface area contributed by atoms with E-state index in [4.69, 9.17) is 9.26 Å². The van der Waals surface area contributed by atoms with Crippen LogP contribution < -0.4 is 4.74 Å². The third-order valence-electron chi connectivity index (χ3n) is 5.67. The molecule has 0 aliphatic carbocycles. The molecule has 0 saturated carbocycles. The number of benzene rings is 2. The topological polar surface area (TPSA) is 99.2 Å². The van der Waals surface area contributed by atoms with E-state index in [0.717, 1.165) is 12.0 Å². The lowest BCUT2D eigenvalue weighted by molar-refractivity contribution is 0.0728. The molecule has 9 nitrogen and oxygen atoms in total. The first-order valence-electron chi connectivity index (χ1n) is 10.5. The first-order valence-corrected chi connectivity index (χ1v) is 10.5. The van der Waals surface area contributed by atoms with E-state index in [1.165, 1.54) is 18.0 Å². The van der Waals surface area contributed by atoms with Gasteiger partial charge in [0.15, 0.2) is 17.4 Å². The molecule has 2 aromatic carbocycles. The van der Waals surface area contributed by atoms with Gasteiger partial charge >= 0.3 is 0 Å². The maximum Gasteiger partial charge on any atom is 0.261 e. The first-order chi connectivity index (χ1) is 16.1. The maximum atomic E-state index is 14.1. The summed E-state index contributed by atoms with van der Waals surface area (Å²) in [6.07, 6.45) is 4.61. The van der Waals surface area contributed by atoms with Crippen molar-refractivity contribution < 1.29 is 18.4 Å². The second-order valence-corrected chi connectivity index (χ2v) is 7.77. The highest BCUT2D eigenvalue weighted by Crippen LogP contribution is 2.36. The third-order valence-corrected chi connectivity index (χ3v) is 5.67. The van der Waals surface area contributed by atoms with Crippen LogP contribution in [-0.4, -0.2) is 49.6 Å². The van der Waals surface area contributed by atoms with E-state index in [0.29, 0.717) is 35.6 Å². The Labute approximate surface area is 188 Å². The number of rotatable bonds is 5. The van der Waals surface area contributed by atoms with Crippen molar-refractivity contribution in [1.29, 1.82) is 0 Å². The van der Waals surface area contributed by atoms with Crippen molar-refractivity contribution >= 4 is 5.91 Å². The van der Waals surface area contributed by atoms with Crippen LogP contribution >= 0.6 is 0 Å². The molecule has 4 aromatic rings. The van der Waals surface area contributed by atoms with Gasteiger partial charge < -0.3 is 14.2 Å². The smallest absolute Gasteiger partial charge is 0.261 e. The molecule has 0 N–H and O–H groups in total. The van der Waals surface area contributed by atoms with Gasteiger partial charge in [0.1, 0.15) is 0 Å². The number of ether oxygens (including phenoxy) is 1. The molecular weight excluding hydrogens is 427 g/mol. The fourth-order valence-corrected chi connectivity index (χ4v) is 4.13. The molecule has 0 bridgehead atoms. The summed E-state index contributed by atoms with van der Waals surface area (Å²) in [7, 11) is 1.38. The van der Waals surface area contributed by atoms with Crippen LogP contribution in [0.3, 0.4) is 0 Å². The lowest BCUT2D eigenvalue weighted by Crippen LogP contribution is -2.32. The predicted molar refractivity (Wildman–Crippen MR) is 115 cm³/mol. The molecule has 1 aliphatic heterocycles. The van der Waals surface area contributed by atoms with Crippen molar-refractivity contribution in [3.63, 3.8) is 0 Å². The number of hydrogen-bond acceptors (Lipinski definition) is 7. The zero-order valence-electron chi connectivity index (χ0n) is 18.1. The van der Waals surface area contributed by atoms with Crippen LogP contribution in [0.15, 0.2) is 53.3 Å². The Kier molecular flexibility index (Phi) is 5.33. The number of methoxy groups -OCH3 is 1. The van der Waals surface area contributed by atoms with E-state index >= 15 is 0 Å². The van der Waals surface area contributed by atoms with Crippen molar-refractivity contribution in [2.24, 2.45) is 0 Å². The van der Waals surface area contributed by atoms with E-state index < -0.39 is 5.82 Å². The van der Waals surface area contributed by atoms with Gasteiger partial charge in [-0.1, -0.05) is 22.9 Å². The van der Waals surface area contributed by atoms with Crippen LogP contribution in [0, 0.1) is 12.7 Å². The number of carbonyl (C=O) groups excluding carboxylic acids is 1.